The highest BCUT2D eigenvalue weighted by Crippen LogP contribution is 2.40. The van der Waals surface area contributed by atoms with E-state index in [4.69, 9.17) is 26.4 Å². The fourth-order valence-electron chi connectivity index (χ4n) is 11.0. The average Bonchev–Trinajstić information content (AvgIpc) is 3.45. The van der Waals surface area contributed by atoms with Crippen molar-refractivity contribution in [2.75, 3.05) is 19.8 Å². The summed E-state index contributed by atoms with van der Waals surface area (Å²) in [5.41, 5.74) is 3.52. The molecule has 0 aliphatic carbocycles. The van der Waals surface area contributed by atoms with Crippen LogP contribution in [-0.4, -0.2) is 24.7 Å². The Hall–Kier alpha value is -2.33. The van der Waals surface area contributed by atoms with E-state index in [0.29, 0.717) is 19.8 Å². The van der Waals surface area contributed by atoms with Gasteiger partial charge < -0.3 is 14.2 Å². The number of unbranched alkanes of at least 4 members (excludes halogenated alkanes) is 46. The Balaban J connectivity index is 1.97. The summed E-state index contributed by atoms with van der Waals surface area (Å²) in [6.07, 6.45) is 73.4. The lowest BCUT2D eigenvalue weighted by Gasteiger charge is -2.18. The largest absolute Gasteiger partial charge is 0.490 e. The highest BCUT2D eigenvalue weighted by molar-refractivity contribution is 7.81. The second-order valence-corrected chi connectivity index (χ2v) is 24.2. The van der Waals surface area contributed by atoms with Crippen molar-refractivity contribution in [1.29, 1.82) is 0 Å². The molecule has 0 aromatic heterocycles. The number of rotatable bonds is 60. The van der Waals surface area contributed by atoms with Gasteiger partial charge in [0, 0.05) is 4.86 Å². The molecule has 2 rings (SSSR count). The first-order valence-electron chi connectivity index (χ1n) is 34.5. The first-order chi connectivity index (χ1) is 38.1. The fourth-order valence-corrected chi connectivity index (χ4v) is 11.2. The van der Waals surface area contributed by atoms with Crippen LogP contribution in [0.3, 0.4) is 0 Å². The fraction of sp³-hybridized carbons (Fsp3) is 0.795. The minimum atomic E-state index is 0.691. The van der Waals surface area contributed by atoms with Gasteiger partial charge in [0.25, 0.3) is 0 Å². The summed E-state index contributed by atoms with van der Waals surface area (Å²) < 4.78 is 20.2. The zero-order valence-corrected chi connectivity index (χ0v) is 52.8. The van der Waals surface area contributed by atoms with E-state index in [0.717, 1.165) is 58.9 Å². The van der Waals surface area contributed by atoms with Crippen molar-refractivity contribution in [3.63, 3.8) is 0 Å². The zero-order chi connectivity index (χ0) is 55.0. The van der Waals surface area contributed by atoms with Gasteiger partial charge in [-0.15, -0.1) is 0 Å². The maximum Gasteiger partial charge on any atom is 0.203 e. The molecule has 0 atom stereocenters. The minimum Gasteiger partial charge on any atom is -0.490 e. The lowest BCUT2D eigenvalue weighted by molar-refractivity contribution is 0.234. The van der Waals surface area contributed by atoms with Crippen LogP contribution < -0.4 is 14.2 Å². The van der Waals surface area contributed by atoms with Gasteiger partial charge in [-0.25, -0.2) is 0 Å². The highest BCUT2D eigenvalue weighted by Gasteiger charge is 2.16. The molecule has 4 heteroatoms. The molecule has 0 saturated heterocycles. The Bertz CT molecular complexity index is 1520. The monoisotopic (exact) mass is 1080 g/mol. The molecule has 0 spiro atoms. The van der Waals surface area contributed by atoms with E-state index >= 15 is 0 Å². The SMILES string of the molecule is CCCCCCCCCCCCCCCCCCOc1cc(C=CC(=S)c2ccc(CCCC)cc2)cc(OCCCCCCCCCCCCCCCCCC)c1OCCCCCCCCCCCCCCCCCC. The molecular formula is C73H128O3S. The summed E-state index contributed by atoms with van der Waals surface area (Å²) in [6, 6.07) is 13.2. The summed E-state index contributed by atoms with van der Waals surface area (Å²) in [5.74, 6) is 2.43. The van der Waals surface area contributed by atoms with E-state index in [1.807, 2.05) is 0 Å². The summed E-state index contributed by atoms with van der Waals surface area (Å²) in [7, 11) is 0. The van der Waals surface area contributed by atoms with E-state index in [2.05, 4.69) is 76.2 Å². The third-order valence-electron chi connectivity index (χ3n) is 16.3. The maximum absolute atomic E-state index is 6.74. The Morgan fingerprint density at radius 2 is 0.584 bits per heavy atom. The van der Waals surface area contributed by atoms with Gasteiger partial charge >= 0.3 is 0 Å². The molecule has 0 fully saturated rings. The molecule has 3 nitrogen and oxygen atoms in total. The standard InChI is InChI=1S/C73H128O3S/c1-5-9-13-16-19-22-25-28-31-34-37-40-43-46-49-52-62-74-70-65-68(58-61-72(77)69-59-56-67(57-60-69)55-12-8-4)66-71(75-63-53-50-47-44-41-38-35-32-29-26-23-20-17-14-10-6-2)73(70)76-64-54-51-48-45-42-39-36-33-30-27-24-21-18-15-11-7-3/h56-61,65-66H,5-55,62-64H2,1-4H3. The molecule has 0 heterocycles. The van der Waals surface area contributed by atoms with Crippen molar-refractivity contribution >= 4 is 23.2 Å². The molecule has 0 amide bonds. The molecule has 0 radical (unpaired) electrons. The summed E-state index contributed by atoms with van der Waals surface area (Å²) in [4.78, 5) is 0.849. The number of hydrogen-bond donors (Lipinski definition) is 0. The van der Waals surface area contributed by atoms with Crippen LogP contribution >= 0.6 is 12.2 Å². The van der Waals surface area contributed by atoms with Gasteiger partial charge in [-0.05, 0) is 67.0 Å². The van der Waals surface area contributed by atoms with Gasteiger partial charge in [0.05, 0.1) is 19.8 Å². The van der Waals surface area contributed by atoms with Crippen LogP contribution in [0.2, 0.25) is 0 Å². The molecule has 0 aliphatic heterocycles. The van der Waals surface area contributed by atoms with E-state index in [-0.39, 0.29) is 0 Å². The summed E-state index contributed by atoms with van der Waals surface area (Å²) in [6.45, 7) is 11.3. The van der Waals surface area contributed by atoms with E-state index in [1.54, 1.807) is 0 Å². The van der Waals surface area contributed by atoms with Crippen molar-refractivity contribution in [3.8, 4) is 17.2 Å². The van der Waals surface area contributed by atoms with Crippen molar-refractivity contribution in [1.82, 2.24) is 0 Å². The average molecular weight is 1090 g/mol. The Labute approximate surface area is 486 Å². The molecule has 0 unspecified atom stereocenters. The maximum atomic E-state index is 6.74. The van der Waals surface area contributed by atoms with Crippen molar-refractivity contribution in [2.24, 2.45) is 0 Å². The lowest BCUT2D eigenvalue weighted by atomic mass is 10.0. The van der Waals surface area contributed by atoms with Gasteiger partial charge in [0.2, 0.25) is 5.75 Å². The zero-order valence-electron chi connectivity index (χ0n) is 51.9. The molecule has 0 N–H and O–H groups in total. The third-order valence-corrected chi connectivity index (χ3v) is 16.7. The Morgan fingerprint density at radius 3 is 0.870 bits per heavy atom. The van der Waals surface area contributed by atoms with Crippen molar-refractivity contribution in [3.05, 3.63) is 59.2 Å². The number of thiocarbonyl (C=S) groups is 1. The Kier molecular flexibility index (Phi) is 51.1. The first kappa shape index (κ1) is 70.8. The number of hydrogen-bond acceptors (Lipinski definition) is 4. The topological polar surface area (TPSA) is 27.7 Å². The number of allylic oxidation sites excluding steroid dienone is 1. The van der Waals surface area contributed by atoms with Crippen LogP contribution in [0.4, 0.5) is 0 Å². The smallest absolute Gasteiger partial charge is 0.203 e. The normalized spacial score (nSPS) is 11.6. The van der Waals surface area contributed by atoms with Crippen molar-refractivity contribution < 1.29 is 14.2 Å². The van der Waals surface area contributed by atoms with Gasteiger partial charge in [-0.1, -0.05) is 366 Å². The third kappa shape index (κ3) is 43.1. The molecule has 2 aromatic rings. The molecule has 0 aliphatic rings. The second kappa shape index (κ2) is 55.6. The van der Waals surface area contributed by atoms with Crippen LogP contribution in [0.1, 0.15) is 365 Å². The predicted molar refractivity (Wildman–Crippen MR) is 347 cm³/mol. The molecular weight excluding hydrogens is 957 g/mol. The highest BCUT2D eigenvalue weighted by atomic mass is 32.1. The molecule has 0 saturated carbocycles. The molecule has 444 valence electrons. The first-order valence-corrected chi connectivity index (χ1v) is 34.9. The van der Waals surface area contributed by atoms with Crippen LogP contribution in [0.15, 0.2) is 42.5 Å². The number of ether oxygens (including phenoxy) is 3. The minimum absolute atomic E-state index is 0.691. The number of aryl methyl sites for hydroxylation is 1. The van der Waals surface area contributed by atoms with Crippen LogP contribution in [-0.2, 0) is 6.42 Å². The van der Waals surface area contributed by atoms with E-state index in [9.17, 15) is 0 Å². The summed E-state index contributed by atoms with van der Waals surface area (Å²) in [5, 5.41) is 0. The van der Waals surface area contributed by atoms with Gasteiger partial charge in [-0.3, -0.25) is 0 Å². The number of benzene rings is 2. The van der Waals surface area contributed by atoms with Gasteiger partial charge in [0.1, 0.15) is 0 Å². The quantitative estimate of drug-likeness (QED) is 0.0286. The molecule has 0 bridgehead atoms. The molecule has 2 aromatic carbocycles. The van der Waals surface area contributed by atoms with Crippen LogP contribution in [0.5, 0.6) is 17.2 Å². The van der Waals surface area contributed by atoms with Gasteiger partial charge in [0.15, 0.2) is 11.5 Å². The second-order valence-electron chi connectivity index (χ2n) is 23.8. The van der Waals surface area contributed by atoms with Crippen LogP contribution in [0, 0.1) is 0 Å². The lowest BCUT2D eigenvalue weighted by Crippen LogP contribution is -2.07. The molecule has 77 heavy (non-hydrogen) atoms. The van der Waals surface area contributed by atoms with Gasteiger partial charge in [-0.2, -0.15) is 0 Å². The van der Waals surface area contributed by atoms with Crippen molar-refractivity contribution in [2.45, 2.75) is 355 Å². The summed E-state index contributed by atoms with van der Waals surface area (Å²) >= 11 is 5.98. The van der Waals surface area contributed by atoms with E-state index in [1.165, 1.54) is 307 Å². The predicted octanol–water partition coefficient (Wildman–Crippen LogP) is 25.4. The van der Waals surface area contributed by atoms with E-state index < -0.39 is 0 Å². The Morgan fingerprint density at radius 1 is 0.325 bits per heavy atom. The van der Waals surface area contributed by atoms with Crippen LogP contribution in [0.25, 0.3) is 6.08 Å².